The molecule has 11 heteroatoms. The van der Waals surface area contributed by atoms with Crippen LogP contribution < -0.4 is 34.3 Å². The van der Waals surface area contributed by atoms with Gasteiger partial charge in [-0.05, 0) is 52.9 Å². The maximum absolute atomic E-state index is 13.9. The van der Waals surface area contributed by atoms with E-state index in [0.29, 0.717) is 28.0 Å². The van der Waals surface area contributed by atoms with E-state index in [4.69, 9.17) is 4.74 Å². The van der Waals surface area contributed by atoms with E-state index in [-0.39, 0.29) is 66.7 Å². The molecular formula is C34H29FNNaO7S. The number of nitrogens with zero attached hydrogens (tertiary/aromatic N) is 1. The summed E-state index contributed by atoms with van der Waals surface area (Å²) in [6.45, 7) is -0.1000. The number of aliphatic hydroxyl groups is 1. The molecule has 0 aliphatic carbocycles. The first-order chi connectivity index (χ1) is 21.1. The zero-order valence-corrected chi connectivity index (χ0v) is 27.4. The zero-order valence-electron chi connectivity index (χ0n) is 24.6. The summed E-state index contributed by atoms with van der Waals surface area (Å²) in [5, 5.41) is 12.0. The first kappa shape index (κ1) is 34.2. The number of carbonyl (C=O) groups is 2. The van der Waals surface area contributed by atoms with Crippen LogP contribution >= 0.6 is 0 Å². The third-order valence-corrected chi connectivity index (χ3v) is 8.24. The van der Waals surface area contributed by atoms with Crippen LogP contribution in [0.25, 0.3) is 11.1 Å². The van der Waals surface area contributed by atoms with Crippen LogP contribution in [0.1, 0.15) is 35.1 Å². The Balaban J connectivity index is 0.00000461. The zero-order chi connectivity index (χ0) is 31.3. The van der Waals surface area contributed by atoms with E-state index in [1.807, 2.05) is 12.1 Å². The molecular weight excluding hydrogens is 608 g/mol. The Hall–Kier alpha value is -3.64. The van der Waals surface area contributed by atoms with Crippen LogP contribution in [0.3, 0.4) is 0 Å². The normalized spacial score (nSPS) is 13.6. The standard InChI is InChI=1S/C34H30FNO7S.Na/c35-28-16-12-24(13-17-28)30-31(25-14-18-29(19-15-25)43-22-7-23-44(40,41)42)33(38)36(32(30)37)21-20-34(39,26-8-3-1-4-9-26)27-10-5-2-6-11-27;/h1-6,8-19,39H,7,20-23H2,(H,40,41,42);/q;+1/p-1. The second kappa shape index (κ2) is 14.6. The second-order valence-electron chi connectivity index (χ2n) is 10.3. The molecule has 226 valence electrons. The maximum Gasteiger partial charge on any atom is 1.00 e. The number of ether oxygens (including phenoxy) is 1. The SMILES string of the molecule is O=C1C(c2ccc(F)cc2)=C(c2ccc(OCCCS(=O)(=O)[O-])cc2)C(=O)N1CCC(O)(c1ccccc1)c1ccccc1.[Na+]. The summed E-state index contributed by atoms with van der Waals surface area (Å²) in [5.74, 6) is -1.79. The summed E-state index contributed by atoms with van der Waals surface area (Å²) in [4.78, 5) is 28.9. The van der Waals surface area contributed by atoms with Crippen molar-refractivity contribution in [3.8, 4) is 5.75 Å². The molecule has 0 saturated carbocycles. The minimum atomic E-state index is -4.34. The molecule has 1 aliphatic heterocycles. The quantitative estimate of drug-likeness (QED) is 0.109. The van der Waals surface area contributed by atoms with Crippen molar-refractivity contribution in [2.45, 2.75) is 18.4 Å². The van der Waals surface area contributed by atoms with Gasteiger partial charge in [-0.1, -0.05) is 84.9 Å². The number of halogens is 1. The monoisotopic (exact) mass is 637 g/mol. The van der Waals surface area contributed by atoms with Crippen molar-refractivity contribution in [1.29, 1.82) is 0 Å². The van der Waals surface area contributed by atoms with Gasteiger partial charge in [0.1, 0.15) is 17.2 Å². The molecule has 0 radical (unpaired) electrons. The van der Waals surface area contributed by atoms with E-state index in [1.165, 1.54) is 24.3 Å². The molecule has 0 atom stereocenters. The van der Waals surface area contributed by atoms with Crippen LogP contribution in [0.2, 0.25) is 0 Å². The van der Waals surface area contributed by atoms with E-state index in [1.54, 1.807) is 72.8 Å². The third kappa shape index (κ3) is 7.96. The van der Waals surface area contributed by atoms with E-state index in [2.05, 4.69) is 0 Å². The van der Waals surface area contributed by atoms with E-state index in [9.17, 15) is 32.1 Å². The fourth-order valence-electron chi connectivity index (χ4n) is 5.23. The average Bonchev–Trinajstić information content (AvgIpc) is 3.28. The summed E-state index contributed by atoms with van der Waals surface area (Å²) < 4.78 is 51.8. The molecule has 2 amide bonds. The van der Waals surface area contributed by atoms with E-state index in [0.717, 1.165) is 4.90 Å². The predicted octanol–water partition coefficient (Wildman–Crippen LogP) is 1.75. The number of benzene rings is 4. The van der Waals surface area contributed by atoms with Gasteiger partial charge in [0.25, 0.3) is 11.8 Å². The molecule has 4 aromatic rings. The third-order valence-electron chi connectivity index (χ3n) is 7.45. The molecule has 45 heavy (non-hydrogen) atoms. The molecule has 5 rings (SSSR count). The van der Waals surface area contributed by atoms with Crippen molar-refractivity contribution >= 4 is 33.1 Å². The van der Waals surface area contributed by atoms with Crippen LogP contribution in [0.15, 0.2) is 109 Å². The van der Waals surface area contributed by atoms with Gasteiger partial charge in [-0.15, -0.1) is 0 Å². The average molecular weight is 638 g/mol. The van der Waals surface area contributed by atoms with Crippen molar-refractivity contribution < 1.29 is 66.4 Å². The molecule has 0 fully saturated rings. The number of amides is 2. The van der Waals surface area contributed by atoms with Gasteiger partial charge in [0.2, 0.25) is 0 Å². The first-order valence-corrected chi connectivity index (χ1v) is 15.5. The van der Waals surface area contributed by atoms with Gasteiger partial charge in [0, 0.05) is 18.7 Å². The van der Waals surface area contributed by atoms with Crippen LogP contribution in [-0.4, -0.2) is 53.7 Å². The fraction of sp³-hybridized carbons (Fsp3) is 0.176. The van der Waals surface area contributed by atoms with Crippen LogP contribution in [0.5, 0.6) is 5.75 Å². The largest absolute Gasteiger partial charge is 1.00 e. The van der Waals surface area contributed by atoms with Crippen molar-refractivity contribution in [3.05, 3.63) is 137 Å². The Morgan fingerprint density at radius 1 is 0.756 bits per heavy atom. The molecule has 1 aliphatic rings. The van der Waals surface area contributed by atoms with E-state index >= 15 is 0 Å². The summed E-state index contributed by atoms with van der Waals surface area (Å²) in [6, 6.07) is 29.7. The van der Waals surface area contributed by atoms with Gasteiger partial charge in [-0.2, -0.15) is 0 Å². The van der Waals surface area contributed by atoms with Gasteiger partial charge in [-0.25, -0.2) is 12.8 Å². The molecule has 0 saturated heterocycles. The Kier molecular flexibility index (Phi) is 11.1. The number of hydrogen-bond acceptors (Lipinski definition) is 7. The van der Waals surface area contributed by atoms with Gasteiger partial charge < -0.3 is 14.4 Å². The Morgan fingerprint density at radius 2 is 1.22 bits per heavy atom. The Bertz CT molecular complexity index is 1740. The molecule has 1 heterocycles. The molecule has 0 aromatic heterocycles. The smallest absolute Gasteiger partial charge is 0.748 e. The van der Waals surface area contributed by atoms with Crippen molar-refractivity contribution in [1.82, 2.24) is 4.90 Å². The van der Waals surface area contributed by atoms with Crippen molar-refractivity contribution in [2.75, 3.05) is 18.9 Å². The van der Waals surface area contributed by atoms with Gasteiger partial charge >= 0.3 is 29.6 Å². The second-order valence-corrected chi connectivity index (χ2v) is 11.9. The number of carbonyl (C=O) groups excluding carboxylic acids is 2. The minimum Gasteiger partial charge on any atom is -0.748 e. The minimum absolute atomic E-state index is 0. The topological polar surface area (TPSA) is 124 Å². The maximum atomic E-state index is 13.9. The number of rotatable bonds is 12. The number of hydrogen-bond donors (Lipinski definition) is 1. The predicted molar refractivity (Wildman–Crippen MR) is 162 cm³/mol. The summed E-state index contributed by atoms with van der Waals surface area (Å²) in [7, 11) is -4.34. The molecule has 0 bridgehead atoms. The first-order valence-electron chi connectivity index (χ1n) is 13.9. The van der Waals surface area contributed by atoms with Crippen molar-refractivity contribution in [2.24, 2.45) is 0 Å². The van der Waals surface area contributed by atoms with Gasteiger partial charge in [0.05, 0.1) is 27.9 Å². The van der Waals surface area contributed by atoms with Crippen LogP contribution in [-0.2, 0) is 25.3 Å². The molecule has 8 nitrogen and oxygen atoms in total. The molecule has 0 spiro atoms. The molecule has 1 N–H and O–H groups in total. The summed E-state index contributed by atoms with van der Waals surface area (Å²) >= 11 is 0. The van der Waals surface area contributed by atoms with Crippen molar-refractivity contribution in [3.63, 3.8) is 0 Å². The van der Waals surface area contributed by atoms with Gasteiger partial charge in [-0.3, -0.25) is 14.5 Å². The van der Waals surface area contributed by atoms with Crippen LogP contribution in [0, 0.1) is 5.82 Å². The fourth-order valence-corrected chi connectivity index (χ4v) is 5.70. The molecule has 4 aromatic carbocycles. The molecule has 0 unspecified atom stereocenters. The Labute approximate surface area is 283 Å². The Morgan fingerprint density at radius 3 is 1.69 bits per heavy atom. The van der Waals surface area contributed by atoms with Gasteiger partial charge in [0.15, 0.2) is 0 Å². The summed E-state index contributed by atoms with van der Waals surface area (Å²) in [6.07, 6.45) is 0.0437. The van der Waals surface area contributed by atoms with E-state index < -0.39 is 39.1 Å². The summed E-state index contributed by atoms with van der Waals surface area (Å²) in [5.41, 5.74) is 0.734. The number of imide groups is 1. The van der Waals surface area contributed by atoms with Crippen LogP contribution in [0.4, 0.5) is 4.39 Å².